The van der Waals surface area contributed by atoms with E-state index in [-0.39, 0.29) is 12.1 Å². The Hall–Kier alpha value is -1.39. The van der Waals surface area contributed by atoms with E-state index in [4.69, 9.17) is 4.74 Å². The first-order valence-corrected chi connectivity index (χ1v) is 7.41. The fraction of sp³-hybridized carbons (Fsp3) is 0.562. The molecule has 1 aromatic carbocycles. The number of benzene rings is 1. The molecule has 2 heterocycles. The summed E-state index contributed by atoms with van der Waals surface area (Å²) >= 11 is 0. The average Bonchev–Trinajstić information content (AvgIpc) is 2.83. The number of carbonyl (C=O) groups excluding carboxylic acids is 1. The molecule has 1 amide bonds. The van der Waals surface area contributed by atoms with Gasteiger partial charge in [-0.05, 0) is 31.2 Å². The van der Waals surface area contributed by atoms with Gasteiger partial charge in [0, 0.05) is 19.8 Å². The highest BCUT2D eigenvalue weighted by Crippen LogP contribution is 2.26. The summed E-state index contributed by atoms with van der Waals surface area (Å²) in [6.07, 6.45) is 2.15. The predicted molar refractivity (Wildman–Crippen MR) is 77.2 cm³/mol. The Kier molecular flexibility index (Phi) is 4.03. The fourth-order valence-corrected chi connectivity index (χ4v) is 3.00. The third-order valence-corrected chi connectivity index (χ3v) is 4.27. The van der Waals surface area contributed by atoms with Crippen LogP contribution in [0.3, 0.4) is 0 Å². The van der Waals surface area contributed by atoms with E-state index < -0.39 is 0 Å². The van der Waals surface area contributed by atoms with E-state index in [9.17, 15) is 4.79 Å². The Morgan fingerprint density at radius 1 is 1.25 bits per heavy atom. The summed E-state index contributed by atoms with van der Waals surface area (Å²) in [5.41, 5.74) is 2.42. The molecule has 0 bridgehead atoms. The lowest BCUT2D eigenvalue weighted by Gasteiger charge is -2.31. The summed E-state index contributed by atoms with van der Waals surface area (Å²) in [7, 11) is 0. The molecular formula is C16H22N2O2. The van der Waals surface area contributed by atoms with Crippen molar-refractivity contribution in [3.05, 3.63) is 35.4 Å². The van der Waals surface area contributed by atoms with Crippen molar-refractivity contribution in [2.45, 2.75) is 25.9 Å². The molecule has 2 aliphatic rings. The molecule has 2 fully saturated rings. The maximum absolute atomic E-state index is 12.1. The number of hydrogen-bond acceptors (Lipinski definition) is 3. The smallest absolute Gasteiger partial charge is 0.238 e. The van der Waals surface area contributed by atoms with Crippen molar-refractivity contribution in [1.82, 2.24) is 10.2 Å². The van der Waals surface area contributed by atoms with Gasteiger partial charge >= 0.3 is 0 Å². The van der Waals surface area contributed by atoms with E-state index >= 15 is 0 Å². The maximum Gasteiger partial charge on any atom is 0.238 e. The van der Waals surface area contributed by atoms with Gasteiger partial charge in [0.1, 0.15) is 6.17 Å². The molecule has 1 aromatic rings. The lowest BCUT2D eigenvalue weighted by atomic mass is 9.99. The normalized spacial score (nSPS) is 24.4. The molecule has 0 saturated carbocycles. The van der Waals surface area contributed by atoms with Crippen LogP contribution in [0, 0.1) is 12.8 Å². The highest BCUT2D eigenvalue weighted by molar-refractivity contribution is 5.81. The molecule has 0 aromatic heterocycles. The van der Waals surface area contributed by atoms with Gasteiger partial charge in [-0.1, -0.05) is 29.8 Å². The minimum atomic E-state index is 0.0333. The first kappa shape index (κ1) is 13.6. The van der Waals surface area contributed by atoms with Crippen molar-refractivity contribution in [2.75, 3.05) is 26.3 Å². The highest BCUT2D eigenvalue weighted by Gasteiger charge is 2.33. The van der Waals surface area contributed by atoms with Crippen LogP contribution in [0.2, 0.25) is 0 Å². The van der Waals surface area contributed by atoms with E-state index in [1.807, 2.05) is 4.90 Å². The van der Waals surface area contributed by atoms with Crippen molar-refractivity contribution >= 4 is 5.91 Å². The van der Waals surface area contributed by atoms with E-state index in [1.54, 1.807) is 0 Å². The van der Waals surface area contributed by atoms with Gasteiger partial charge in [0.2, 0.25) is 5.91 Å². The Morgan fingerprint density at radius 3 is 2.65 bits per heavy atom. The molecule has 1 N–H and O–H groups in total. The molecule has 1 unspecified atom stereocenters. The second-order valence-corrected chi connectivity index (χ2v) is 5.80. The Morgan fingerprint density at radius 2 is 1.95 bits per heavy atom. The minimum absolute atomic E-state index is 0.0333. The van der Waals surface area contributed by atoms with E-state index in [1.165, 1.54) is 11.1 Å². The number of ether oxygens (including phenoxy) is 1. The standard InChI is InChI=1S/C16H22N2O2/c1-12-2-4-14(5-3-12)16-17-10-15(19)18(16)11-13-6-8-20-9-7-13/h2-5,13,16-17H,6-11H2,1H3. The zero-order valence-electron chi connectivity index (χ0n) is 12.0. The van der Waals surface area contributed by atoms with Crippen molar-refractivity contribution in [3.8, 4) is 0 Å². The van der Waals surface area contributed by atoms with Gasteiger partial charge in [-0.25, -0.2) is 0 Å². The van der Waals surface area contributed by atoms with Crippen molar-refractivity contribution in [2.24, 2.45) is 5.92 Å². The van der Waals surface area contributed by atoms with Gasteiger partial charge in [-0.3, -0.25) is 10.1 Å². The molecule has 0 spiro atoms. The molecule has 4 heteroatoms. The van der Waals surface area contributed by atoms with Crippen LogP contribution in [0.4, 0.5) is 0 Å². The molecule has 20 heavy (non-hydrogen) atoms. The zero-order chi connectivity index (χ0) is 13.9. The quantitative estimate of drug-likeness (QED) is 0.914. The van der Waals surface area contributed by atoms with Crippen molar-refractivity contribution < 1.29 is 9.53 Å². The van der Waals surface area contributed by atoms with Gasteiger partial charge in [0.25, 0.3) is 0 Å². The Balaban J connectivity index is 1.72. The first-order chi connectivity index (χ1) is 9.74. The number of nitrogens with one attached hydrogen (secondary N) is 1. The van der Waals surface area contributed by atoms with E-state index in [2.05, 4.69) is 36.5 Å². The lowest BCUT2D eigenvalue weighted by molar-refractivity contribution is -0.129. The number of nitrogens with zero attached hydrogens (tertiary/aromatic N) is 1. The van der Waals surface area contributed by atoms with Crippen molar-refractivity contribution in [1.29, 1.82) is 0 Å². The van der Waals surface area contributed by atoms with Crippen LogP contribution in [-0.4, -0.2) is 37.1 Å². The predicted octanol–water partition coefficient (Wildman–Crippen LogP) is 1.85. The van der Waals surface area contributed by atoms with Gasteiger partial charge in [-0.15, -0.1) is 0 Å². The maximum atomic E-state index is 12.1. The summed E-state index contributed by atoms with van der Waals surface area (Å²) in [5, 5.41) is 3.33. The topological polar surface area (TPSA) is 41.6 Å². The third kappa shape index (κ3) is 2.86. The second-order valence-electron chi connectivity index (χ2n) is 5.80. The fourth-order valence-electron chi connectivity index (χ4n) is 3.00. The molecular weight excluding hydrogens is 252 g/mol. The molecule has 1 atom stereocenters. The Bertz CT molecular complexity index is 466. The number of carbonyl (C=O) groups is 1. The lowest BCUT2D eigenvalue weighted by Crippen LogP contribution is -2.36. The molecule has 2 aliphatic heterocycles. The van der Waals surface area contributed by atoms with Crippen LogP contribution in [0.15, 0.2) is 24.3 Å². The number of aryl methyl sites for hydroxylation is 1. The summed E-state index contributed by atoms with van der Waals surface area (Å²) < 4.78 is 5.40. The molecule has 108 valence electrons. The third-order valence-electron chi connectivity index (χ3n) is 4.27. The van der Waals surface area contributed by atoms with Gasteiger partial charge < -0.3 is 9.64 Å². The van der Waals surface area contributed by atoms with Crippen LogP contribution in [-0.2, 0) is 9.53 Å². The van der Waals surface area contributed by atoms with Crippen LogP contribution in [0.1, 0.15) is 30.1 Å². The van der Waals surface area contributed by atoms with Crippen LogP contribution in [0.5, 0.6) is 0 Å². The molecule has 4 nitrogen and oxygen atoms in total. The van der Waals surface area contributed by atoms with Crippen LogP contribution >= 0.6 is 0 Å². The SMILES string of the molecule is Cc1ccc(C2NCC(=O)N2CC2CCOCC2)cc1. The average molecular weight is 274 g/mol. The molecule has 0 radical (unpaired) electrons. The molecule has 2 saturated heterocycles. The second kappa shape index (κ2) is 5.94. The van der Waals surface area contributed by atoms with Crippen molar-refractivity contribution in [3.63, 3.8) is 0 Å². The van der Waals surface area contributed by atoms with E-state index in [0.717, 1.165) is 32.6 Å². The summed E-state index contributed by atoms with van der Waals surface area (Å²) in [5.74, 6) is 0.780. The van der Waals surface area contributed by atoms with Crippen LogP contribution in [0.25, 0.3) is 0 Å². The van der Waals surface area contributed by atoms with Crippen LogP contribution < -0.4 is 5.32 Å². The van der Waals surface area contributed by atoms with Gasteiger partial charge in [0.05, 0.1) is 6.54 Å². The largest absolute Gasteiger partial charge is 0.381 e. The summed E-state index contributed by atoms with van der Waals surface area (Å²) in [6, 6.07) is 8.43. The summed E-state index contributed by atoms with van der Waals surface area (Å²) in [6.45, 7) is 5.02. The minimum Gasteiger partial charge on any atom is -0.381 e. The summed E-state index contributed by atoms with van der Waals surface area (Å²) in [4.78, 5) is 14.1. The van der Waals surface area contributed by atoms with Gasteiger partial charge in [-0.2, -0.15) is 0 Å². The monoisotopic (exact) mass is 274 g/mol. The molecule has 0 aliphatic carbocycles. The number of rotatable bonds is 3. The van der Waals surface area contributed by atoms with E-state index in [0.29, 0.717) is 12.5 Å². The Labute approximate surface area is 120 Å². The zero-order valence-corrected chi connectivity index (χ0v) is 12.0. The highest BCUT2D eigenvalue weighted by atomic mass is 16.5. The van der Waals surface area contributed by atoms with Gasteiger partial charge in [0.15, 0.2) is 0 Å². The first-order valence-electron chi connectivity index (χ1n) is 7.41. The molecule has 3 rings (SSSR count). The number of hydrogen-bond donors (Lipinski definition) is 1. The number of amides is 1.